The molecule has 0 aliphatic heterocycles. The largest absolute Gasteiger partial charge is 0.354 e. The lowest BCUT2D eigenvalue weighted by Crippen LogP contribution is -2.33. The number of aromatic amines is 1. The number of nitrogens with one attached hydrogen (secondary N) is 2. The van der Waals surface area contributed by atoms with Gasteiger partial charge in [-0.25, -0.2) is 4.39 Å². The number of nitrogens with zero attached hydrogens (tertiary/aromatic N) is 1. The van der Waals surface area contributed by atoms with Crippen LogP contribution in [0.5, 0.6) is 0 Å². The van der Waals surface area contributed by atoms with Gasteiger partial charge in [0.05, 0.1) is 16.1 Å². The fourth-order valence-electron chi connectivity index (χ4n) is 2.07. The van der Waals surface area contributed by atoms with Crippen molar-refractivity contribution in [2.24, 2.45) is 5.92 Å². The fraction of sp³-hybridized carbons (Fsp3) is 0.429. The lowest BCUT2D eigenvalue weighted by atomic mass is 10.2. The first-order valence-electron chi connectivity index (χ1n) is 6.68. The van der Waals surface area contributed by atoms with E-state index in [4.69, 9.17) is 23.8 Å². The smallest absolute Gasteiger partial charge is 0.242 e. The van der Waals surface area contributed by atoms with Crippen LogP contribution >= 0.6 is 23.8 Å². The van der Waals surface area contributed by atoms with E-state index in [-0.39, 0.29) is 10.9 Å². The number of fused-ring (bicyclic) bond motifs is 1. The number of carbonyl (C=O) groups is 1. The van der Waals surface area contributed by atoms with Gasteiger partial charge in [-0.2, -0.15) is 0 Å². The minimum Gasteiger partial charge on any atom is -0.354 e. The van der Waals surface area contributed by atoms with Crippen LogP contribution in [0.2, 0.25) is 5.02 Å². The number of benzene rings is 1. The number of H-pyrrole nitrogens is 1. The van der Waals surface area contributed by atoms with Gasteiger partial charge in [-0.1, -0.05) is 25.4 Å². The molecule has 0 saturated carbocycles. The van der Waals surface area contributed by atoms with Crippen molar-refractivity contribution in [1.82, 2.24) is 14.9 Å². The van der Waals surface area contributed by atoms with Crippen LogP contribution < -0.4 is 5.32 Å². The third-order valence-corrected chi connectivity index (χ3v) is 3.80. The molecule has 0 aliphatic rings. The number of halogens is 2. The fourth-order valence-corrected chi connectivity index (χ4v) is 2.60. The molecule has 1 aromatic heterocycles. The molecule has 2 aromatic rings. The van der Waals surface area contributed by atoms with Gasteiger partial charge in [-0.3, -0.25) is 4.79 Å². The molecule has 1 amide bonds. The Balaban J connectivity index is 2.41. The molecule has 2 N–H and O–H groups in total. The molecule has 0 spiro atoms. The molecule has 0 aliphatic carbocycles. The third kappa shape index (κ3) is 3.27. The van der Waals surface area contributed by atoms with Crippen LogP contribution in [0.15, 0.2) is 12.1 Å². The Morgan fingerprint density at radius 1 is 1.48 bits per heavy atom. The average molecular weight is 330 g/mol. The SMILES string of the molecule is CC(C)CNC(=O)C(C)n1c(=S)[nH]c2cc(Cl)c(F)cc21. The molecule has 2 rings (SSSR count). The Labute approximate surface area is 132 Å². The van der Waals surface area contributed by atoms with Crippen LogP contribution in [0.3, 0.4) is 0 Å². The Morgan fingerprint density at radius 3 is 2.76 bits per heavy atom. The van der Waals surface area contributed by atoms with E-state index >= 15 is 0 Å². The molecule has 21 heavy (non-hydrogen) atoms. The van der Waals surface area contributed by atoms with Crippen LogP contribution in [0.25, 0.3) is 11.0 Å². The Hall–Kier alpha value is -1.40. The van der Waals surface area contributed by atoms with Crippen LogP contribution in [-0.2, 0) is 4.79 Å². The number of imidazole rings is 1. The van der Waals surface area contributed by atoms with Crippen molar-refractivity contribution in [3.8, 4) is 0 Å². The van der Waals surface area contributed by atoms with Crippen LogP contribution in [0.1, 0.15) is 26.8 Å². The van der Waals surface area contributed by atoms with Crippen molar-refractivity contribution in [3.63, 3.8) is 0 Å². The summed E-state index contributed by atoms with van der Waals surface area (Å²) in [6.07, 6.45) is 0. The lowest BCUT2D eigenvalue weighted by Gasteiger charge is -2.16. The summed E-state index contributed by atoms with van der Waals surface area (Å²) >= 11 is 11.0. The summed E-state index contributed by atoms with van der Waals surface area (Å²) in [7, 11) is 0. The Bertz CT molecular complexity index is 738. The van der Waals surface area contributed by atoms with E-state index in [0.29, 0.717) is 28.3 Å². The van der Waals surface area contributed by atoms with Crippen molar-refractivity contribution in [2.45, 2.75) is 26.8 Å². The van der Waals surface area contributed by atoms with Crippen LogP contribution in [-0.4, -0.2) is 22.0 Å². The first-order chi connectivity index (χ1) is 9.81. The maximum atomic E-state index is 13.7. The minimum absolute atomic E-state index is 0.0165. The van der Waals surface area contributed by atoms with Gasteiger partial charge in [-0.05, 0) is 31.1 Å². The summed E-state index contributed by atoms with van der Waals surface area (Å²) in [5.74, 6) is -0.342. The molecule has 1 heterocycles. The molecule has 114 valence electrons. The third-order valence-electron chi connectivity index (χ3n) is 3.21. The van der Waals surface area contributed by atoms with Crippen molar-refractivity contribution < 1.29 is 9.18 Å². The minimum atomic E-state index is -0.540. The molecule has 4 nitrogen and oxygen atoms in total. The molecule has 1 aromatic carbocycles. The van der Waals surface area contributed by atoms with E-state index in [9.17, 15) is 9.18 Å². The summed E-state index contributed by atoms with van der Waals surface area (Å²) in [5, 5.41) is 2.86. The first-order valence-corrected chi connectivity index (χ1v) is 7.47. The number of hydrogen-bond acceptors (Lipinski definition) is 2. The van der Waals surface area contributed by atoms with Gasteiger partial charge in [0.15, 0.2) is 4.77 Å². The predicted octanol–water partition coefficient (Wildman–Crippen LogP) is 3.82. The number of aromatic nitrogens is 2. The number of carbonyl (C=O) groups excluding carboxylic acids is 1. The highest BCUT2D eigenvalue weighted by atomic mass is 35.5. The Kier molecular flexibility index (Phi) is 4.68. The van der Waals surface area contributed by atoms with Gasteiger partial charge >= 0.3 is 0 Å². The summed E-state index contributed by atoms with van der Waals surface area (Å²) < 4.78 is 15.6. The Morgan fingerprint density at radius 2 is 2.14 bits per heavy atom. The van der Waals surface area contributed by atoms with Crippen LogP contribution in [0.4, 0.5) is 4.39 Å². The molecule has 1 unspecified atom stereocenters. The second-order valence-electron chi connectivity index (χ2n) is 5.40. The van der Waals surface area contributed by atoms with Crippen molar-refractivity contribution in [2.75, 3.05) is 6.54 Å². The van der Waals surface area contributed by atoms with Gasteiger partial charge in [-0.15, -0.1) is 0 Å². The van der Waals surface area contributed by atoms with Gasteiger partial charge in [0, 0.05) is 12.6 Å². The van der Waals surface area contributed by atoms with Crippen molar-refractivity contribution in [1.29, 1.82) is 0 Å². The zero-order valence-corrected chi connectivity index (χ0v) is 13.6. The maximum Gasteiger partial charge on any atom is 0.242 e. The second kappa shape index (κ2) is 6.15. The number of amides is 1. The zero-order valence-electron chi connectivity index (χ0n) is 12.0. The summed E-state index contributed by atoms with van der Waals surface area (Å²) in [5.41, 5.74) is 1.13. The van der Waals surface area contributed by atoms with E-state index in [1.165, 1.54) is 12.1 Å². The van der Waals surface area contributed by atoms with E-state index in [1.807, 2.05) is 13.8 Å². The summed E-state index contributed by atoms with van der Waals surface area (Å²) in [6, 6.07) is 2.22. The van der Waals surface area contributed by atoms with Gasteiger partial charge in [0.2, 0.25) is 5.91 Å². The molecule has 0 bridgehead atoms. The number of hydrogen-bond donors (Lipinski definition) is 2. The topological polar surface area (TPSA) is 49.8 Å². The van der Waals surface area contributed by atoms with Crippen molar-refractivity contribution in [3.05, 3.63) is 27.7 Å². The maximum absolute atomic E-state index is 13.7. The monoisotopic (exact) mass is 329 g/mol. The van der Waals surface area contributed by atoms with Crippen LogP contribution in [0, 0.1) is 16.5 Å². The number of rotatable bonds is 4. The highest BCUT2D eigenvalue weighted by molar-refractivity contribution is 7.71. The highest BCUT2D eigenvalue weighted by Crippen LogP contribution is 2.25. The first kappa shape index (κ1) is 16.0. The normalized spacial score (nSPS) is 12.9. The van der Waals surface area contributed by atoms with E-state index in [0.717, 1.165) is 0 Å². The lowest BCUT2D eigenvalue weighted by molar-refractivity contribution is -0.123. The van der Waals surface area contributed by atoms with Gasteiger partial charge < -0.3 is 14.9 Å². The van der Waals surface area contributed by atoms with Gasteiger partial charge in [0.1, 0.15) is 11.9 Å². The summed E-state index contributed by atoms with van der Waals surface area (Å²) in [6.45, 7) is 6.34. The van der Waals surface area contributed by atoms with E-state index in [1.54, 1.807) is 11.5 Å². The standard InChI is InChI=1S/C14H17ClFN3OS/c1-7(2)6-17-13(20)8(3)19-12-5-10(16)9(15)4-11(12)18-14(19)21/h4-5,7-8H,6H2,1-3H3,(H,17,20)(H,18,21). The van der Waals surface area contributed by atoms with E-state index < -0.39 is 11.9 Å². The second-order valence-corrected chi connectivity index (χ2v) is 6.19. The molecular formula is C14H17ClFN3OS. The molecular weight excluding hydrogens is 313 g/mol. The van der Waals surface area contributed by atoms with Gasteiger partial charge in [0.25, 0.3) is 0 Å². The molecule has 0 fully saturated rings. The molecule has 1 atom stereocenters. The molecule has 0 saturated heterocycles. The zero-order chi connectivity index (χ0) is 15.7. The molecule has 7 heteroatoms. The predicted molar refractivity (Wildman–Crippen MR) is 84.6 cm³/mol. The molecule has 0 radical (unpaired) electrons. The summed E-state index contributed by atoms with van der Waals surface area (Å²) in [4.78, 5) is 15.1. The highest BCUT2D eigenvalue weighted by Gasteiger charge is 2.19. The van der Waals surface area contributed by atoms with Crippen molar-refractivity contribution >= 4 is 40.8 Å². The quantitative estimate of drug-likeness (QED) is 0.838. The van der Waals surface area contributed by atoms with E-state index in [2.05, 4.69) is 10.3 Å². The average Bonchev–Trinajstić information content (AvgIpc) is 2.71.